The minimum Gasteiger partial charge on any atom is -0.299 e. The van der Waals surface area contributed by atoms with Gasteiger partial charge in [-0.25, -0.2) is 4.98 Å². The van der Waals surface area contributed by atoms with E-state index in [0.717, 1.165) is 11.2 Å². The van der Waals surface area contributed by atoms with Crippen LogP contribution in [0.2, 0.25) is 0 Å². The molecule has 5 aromatic rings. The maximum atomic E-state index is 5.44. The zero-order chi connectivity index (χ0) is 28.1. The molecule has 39 heavy (non-hydrogen) atoms. The zero-order valence-electron chi connectivity index (χ0n) is 25.6. The number of rotatable bonds is 1. The minimum absolute atomic E-state index is 0.00978. The molecule has 1 atom stereocenters. The Morgan fingerprint density at radius 2 is 1.28 bits per heavy atom. The third-order valence-electron chi connectivity index (χ3n) is 12.9. The standard InChI is InChI=1S/C37H42N2/c1-21-14-12-15-22(2)28(21)24-16-13-17-25-23(24)18-19-39-31-27(38-32(25)39)20-26-29-30(31)34(5,6)36(9,10)37(29,11)35(7,8)33(26,3)4/h12-20H,1-11H3. The van der Waals surface area contributed by atoms with Crippen molar-refractivity contribution in [3.05, 3.63) is 82.5 Å². The van der Waals surface area contributed by atoms with Crippen molar-refractivity contribution in [2.24, 2.45) is 10.8 Å². The first kappa shape index (κ1) is 24.9. The molecule has 0 spiro atoms. The van der Waals surface area contributed by atoms with E-state index < -0.39 is 0 Å². The number of pyridine rings is 1. The van der Waals surface area contributed by atoms with Crippen LogP contribution in [0.1, 0.15) is 90.1 Å². The molecule has 0 saturated heterocycles. The number of fused-ring (bicyclic) bond motifs is 6. The van der Waals surface area contributed by atoms with Crippen LogP contribution in [0.3, 0.4) is 0 Å². The molecule has 0 bridgehead atoms. The van der Waals surface area contributed by atoms with Gasteiger partial charge in [0.2, 0.25) is 0 Å². The van der Waals surface area contributed by atoms with E-state index in [2.05, 4.69) is 135 Å². The van der Waals surface area contributed by atoms with Gasteiger partial charge in [0.15, 0.2) is 0 Å². The molecule has 0 amide bonds. The summed E-state index contributed by atoms with van der Waals surface area (Å²) in [5, 5.41) is 2.49. The molecule has 2 aliphatic rings. The largest absolute Gasteiger partial charge is 0.299 e. The van der Waals surface area contributed by atoms with Gasteiger partial charge < -0.3 is 0 Å². The van der Waals surface area contributed by atoms with E-state index in [1.165, 1.54) is 49.7 Å². The Morgan fingerprint density at radius 3 is 1.95 bits per heavy atom. The second-order valence-corrected chi connectivity index (χ2v) is 14.8. The summed E-state index contributed by atoms with van der Waals surface area (Å²) in [6, 6.07) is 18.1. The number of imidazole rings is 1. The van der Waals surface area contributed by atoms with Gasteiger partial charge in [-0.1, -0.05) is 98.7 Å². The van der Waals surface area contributed by atoms with Gasteiger partial charge in [0.1, 0.15) is 5.65 Å². The number of aromatic nitrogens is 2. The molecule has 200 valence electrons. The highest BCUT2D eigenvalue weighted by Crippen LogP contribution is 2.76. The van der Waals surface area contributed by atoms with Gasteiger partial charge in [0.05, 0.1) is 11.0 Å². The van der Waals surface area contributed by atoms with Crippen molar-refractivity contribution in [3.8, 4) is 11.1 Å². The third-order valence-corrected chi connectivity index (χ3v) is 12.9. The van der Waals surface area contributed by atoms with E-state index in [1.54, 1.807) is 5.56 Å². The Hall–Kier alpha value is -3.13. The average molecular weight is 515 g/mol. The van der Waals surface area contributed by atoms with Gasteiger partial charge in [-0.3, -0.25) is 4.40 Å². The molecule has 0 saturated carbocycles. The number of nitrogens with zero attached hydrogens (tertiary/aromatic N) is 2. The molecule has 2 nitrogen and oxygen atoms in total. The fraction of sp³-hybridized carbons (Fsp3) is 0.432. The Balaban J connectivity index is 1.64. The van der Waals surface area contributed by atoms with Crippen LogP contribution in [0.5, 0.6) is 0 Å². The lowest BCUT2D eigenvalue weighted by molar-refractivity contribution is -0.0103. The lowest BCUT2D eigenvalue weighted by Crippen LogP contribution is -2.55. The highest BCUT2D eigenvalue weighted by molar-refractivity contribution is 6.06. The number of aryl methyl sites for hydroxylation is 2. The Kier molecular flexibility index (Phi) is 4.43. The Morgan fingerprint density at radius 1 is 0.667 bits per heavy atom. The van der Waals surface area contributed by atoms with Crippen molar-refractivity contribution in [2.75, 3.05) is 0 Å². The van der Waals surface area contributed by atoms with E-state index in [1.807, 2.05) is 0 Å². The summed E-state index contributed by atoms with van der Waals surface area (Å²) in [7, 11) is 0. The van der Waals surface area contributed by atoms with Gasteiger partial charge >= 0.3 is 0 Å². The molecule has 0 fully saturated rings. The van der Waals surface area contributed by atoms with Gasteiger partial charge in [-0.2, -0.15) is 0 Å². The molecule has 0 N–H and O–H groups in total. The van der Waals surface area contributed by atoms with Gasteiger partial charge in [0, 0.05) is 17.0 Å². The van der Waals surface area contributed by atoms with Crippen LogP contribution in [0.15, 0.2) is 54.7 Å². The molecule has 3 aromatic carbocycles. The summed E-state index contributed by atoms with van der Waals surface area (Å²) in [6.45, 7) is 26.9. The van der Waals surface area contributed by atoms with Gasteiger partial charge in [-0.15, -0.1) is 0 Å². The number of benzene rings is 3. The molecule has 2 heterocycles. The highest BCUT2D eigenvalue weighted by atomic mass is 15.0. The lowest BCUT2D eigenvalue weighted by atomic mass is 9.47. The minimum atomic E-state index is -0.00978. The van der Waals surface area contributed by atoms with Crippen LogP contribution in [-0.2, 0) is 16.2 Å². The van der Waals surface area contributed by atoms with Crippen LogP contribution < -0.4 is 0 Å². The van der Waals surface area contributed by atoms with Crippen molar-refractivity contribution in [1.29, 1.82) is 0 Å². The first-order valence-electron chi connectivity index (χ1n) is 14.6. The van der Waals surface area contributed by atoms with Crippen LogP contribution in [0.25, 0.3) is 38.6 Å². The second-order valence-electron chi connectivity index (χ2n) is 14.8. The first-order chi connectivity index (χ1) is 18.1. The summed E-state index contributed by atoms with van der Waals surface area (Å²) < 4.78 is 2.41. The first-order valence-corrected chi connectivity index (χ1v) is 14.6. The SMILES string of the molecule is Cc1cccc(C)c1-c1cccc2c1ccn1c2nc2cc3c4c(c21)C(C)(C)C(C)(C)C4(C)C(C)(C)C3(C)C. The fourth-order valence-corrected chi connectivity index (χ4v) is 9.07. The molecular weight excluding hydrogens is 472 g/mol. The topological polar surface area (TPSA) is 17.3 Å². The average Bonchev–Trinajstić information content (AvgIpc) is 3.34. The van der Waals surface area contributed by atoms with Crippen molar-refractivity contribution in [1.82, 2.24) is 9.38 Å². The van der Waals surface area contributed by atoms with Crippen molar-refractivity contribution < 1.29 is 0 Å². The van der Waals surface area contributed by atoms with E-state index in [9.17, 15) is 0 Å². The molecule has 0 radical (unpaired) electrons. The van der Waals surface area contributed by atoms with E-state index in [4.69, 9.17) is 4.98 Å². The van der Waals surface area contributed by atoms with Crippen LogP contribution in [-0.4, -0.2) is 9.38 Å². The fourth-order valence-electron chi connectivity index (χ4n) is 9.07. The predicted octanol–water partition coefficient (Wildman–Crippen LogP) is 9.82. The molecular formula is C37H42N2. The Labute approximate surface area is 233 Å². The van der Waals surface area contributed by atoms with Crippen LogP contribution >= 0.6 is 0 Å². The van der Waals surface area contributed by atoms with Crippen LogP contribution in [0.4, 0.5) is 0 Å². The third kappa shape index (κ3) is 2.46. The maximum absolute atomic E-state index is 5.44. The summed E-state index contributed by atoms with van der Waals surface area (Å²) in [5.41, 5.74) is 13.6. The molecule has 2 heteroatoms. The van der Waals surface area contributed by atoms with Gasteiger partial charge in [-0.05, 0) is 92.0 Å². The zero-order valence-corrected chi connectivity index (χ0v) is 25.6. The maximum Gasteiger partial charge on any atom is 0.145 e. The van der Waals surface area contributed by atoms with Crippen LogP contribution in [0, 0.1) is 24.7 Å². The van der Waals surface area contributed by atoms with E-state index in [-0.39, 0.29) is 27.1 Å². The Bertz CT molecular complexity index is 1870. The molecule has 1 unspecified atom stereocenters. The van der Waals surface area contributed by atoms with E-state index in [0.29, 0.717) is 0 Å². The summed E-state index contributed by atoms with van der Waals surface area (Å²) in [4.78, 5) is 5.44. The summed E-state index contributed by atoms with van der Waals surface area (Å²) >= 11 is 0. The number of hydrogen-bond donors (Lipinski definition) is 0. The second kappa shape index (κ2) is 6.95. The summed E-state index contributed by atoms with van der Waals surface area (Å²) in [5.74, 6) is 0. The van der Waals surface area contributed by atoms with Crippen molar-refractivity contribution >= 4 is 27.5 Å². The van der Waals surface area contributed by atoms with Crippen molar-refractivity contribution in [3.63, 3.8) is 0 Å². The van der Waals surface area contributed by atoms with E-state index >= 15 is 0 Å². The molecule has 2 aliphatic carbocycles. The summed E-state index contributed by atoms with van der Waals surface area (Å²) in [6.07, 6.45) is 2.29. The predicted molar refractivity (Wildman–Crippen MR) is 166 cm³/mol. The molecule has 0 aliphatic heterocycles. The monoisotopic (exact) mass is 514 g/mol. The van der Waals surface area contributed by atoms with Crippen molar-refractivity contribution in [2.45, 2.75) is 92.4 Å². The quantitative estimate of drug-likeness (QED) is 0.218. The van der Waals surface area contributed by atoms with Gasteiger partial charge in [0.25, 0.3) is 0 Å². The number of hydrogen-bond acceptors (Lipinski definition) is 1. The lowest BCUT2D eigenvalue weighted by Gasteiger charge is -2.56. The smallest absolute Gasteiger partial charge is 0.145 e. The molecule has 2 aromatic heterocycles. The molecule has 7 rings (SSSR count). The highest BCUT2D eigenvalue weighted by Gasteiger charge is 2.72. The normalized spacial score (nSPS) is 23.7.